The molecule has 1 fully saturated rings. The van der Waals surface area contributed by atoms with Crippen molar-refractivity contribution in [1.82, 2.24) is 4.98 Å². The van der Waals surface area contributed by atoms with E-state index in [9.17, 15) is 9.90 Å². The Labute approximate surface area is 104 Å². The second-order valence-corrected chi connectivity index (χ2v) is 5.50. The molecule has 0 amide bonds. The van der Waals surface area contributed by atoms with Gasteiger partial charge >= 0.3 is 5.97 Å². The lowest BCUT2D eigenvalue weighted by molar-refractivity contribution is 0.0690. The number of carboxylic acid groups (broad SMARTS) is 1. The van der Waals surface area contributed by atoms with Gasteiger partial charge in [-0.05, 0) is 25.0 Å². The van der Waals surface area contributed by atoms with Gasteiger partial charge in [0.2, 0.25) is 0 Å². The van der Waals surface area contributed by atoms with Gasteiger partial charge in [-0.15, -0.1) is 11.8 Å². The molecule has 1 aliphatic carbocycles. The van der Waals surface area contributed by atoms with Gasteiger partial charge in [-0.1, -0.05) is 12.8 Å². The summed E-state index contributed by atoms with van der Waals surface area (Å²) in [5.74, 6) is -1.02. The van der Waals surface area contributed by atoms with Gasteiger partial charge in [-0.25, -0.2) is 9.78 Å². The lowest BCUT2D eigenvalue weighted by Gasteiger charge is -2.26. The van der Waals surface area contributed by atoms with Crippen LogP contribution < -0.4 is 0 Å². The van der Waals surface area contributed by atoms with Gasteiger partial charge in [-0.3, -0.25) is 0 Å². The van der Waals surface area contributed by atoms with Crippen LogP contribution in [0.3, 0.4) is 0 Å². The Bertz CT molecular complexity index is 410. The molecule has 2 rings (SSSR count). The molecule has 4 nitrogen and oxygen atoms in total. The van der Waals surface area contributed by atoms with E-state index in [-0.39, 0.29) is 17.0 Å². The quantitative estimate of drug-likeness (QED) is 0.864. The SMILES string of the molecule is O=C(O)c1cc(SC2CCCCC2O)ccn1. The number of nitrogens with zero attached hydrogens (tertiary/aromatic N) is 1. The van der Waals surface area contributed by atoms with E-state index >= 15 is 0 Å². The zero-order valence-electron chi connectivity index (χ0n) is 9.37. The van der Waals surface area contributed by atoms with Crippen molar-refractivity contribution in [2.75, 3.05) is 0 Å². The Hall–Kier alpha value is -1.07. The Kier molecular flexibility index (Phi) is 4.02. The molecule has 1 heterocycles. The molecule has 0 saturated heterocycles. The van der Waals surface area contributed by atoms with Gasteiger partial charge in [0.25, 0.3) is 0 Å². The Balaban J connectivity index is 2.07. The van der Waals surface area contributed by atoms with Crippen molar-refractivity contribution in [3.8, 4) is 0 Å². The summed E-state index contributed by atoms with van der Waals surface area (Å²) in [5.41, 5.74) is 0.0558. The lowest BCUT2D eigenvalue weighted by atomic mass is 9.97. The first-order valence-electron chi connectivity index (χ1n) is 5.71. The molecule has 0 spiro atoms. The van der Waals surface area contributed by atoms with Crippen molar-refractivity contribution in [3.05, 3.63) is 24.0 Å². The van der Waals surface area contributed by atoms with E-state index < -0.39 is 5.97 Å². The molecule has 0 radical (unpaired) electrons. The summed E-state index contributed by atoms with van der Waals surface area (Å²) in [4.78, 5) is 15.4. The van der Waals surface area contributed by atoms with Crippen LogP contribution in [0, 0.1) is 0 Å². The van der Waals surface area contributed by atoms with Crippen molar-refractivity contribution < 1.29 is 15.0 Å². The number of aliphatic hydroxyl groups excluding tert-OH is 1. The Morgan fingerprint density at radius 1 is 1.41 bits per heavy atom. The van der Waals surface area contributed by atoms with Crippen LogP contribution in [-0.2, 0) is 0 Å². The number of rotatable bonds is 3. The number of carboxylic acids is 1. The molecule has 2 N–H and O–H groups in total. The maximum absolute atomic E-state index is 10.8. The highest BCUT2D eigenvalue weighted by Gasteiger charge is 2.24. The van der Waals surface area contributed by atoms with Crippen molar-refractivity contribution in [3.63, 3.8) is 0 Å². The van der Waals surface area contributed by atoms with Gasteiger partial charge in [0.05, 0.1) is 6.10 Å². The van der Waals surface area contributed by atoms with Crippen LogP contribution >= 0.6 is 11.8 Å². The normalized spacial score (nSPS) is 24.5. The molecule has 0 aliphatic heterocycles. The number of aromatic carboxylic acids is 1. The summed E-state index contributed by atoms with van der Waals surface area (Å²) in [6.45, 7) is 0. The summed E-state index contributed by atoms with van der Waals surface area (Å²) >= 11 is 1.55. The van der Waals surface area contributed by atoms with Crippen molar-refractivity contribution in [2.45, 2.75) is 41.9 Å². The molecule has 92 valence electrons. The largest absolute Gasteiger partial charge is 0.477 e. The third kappa shape index (κ3) is 3.20. The fraction of sp³-hybridized carbons (Fsp3) is 0.500. The van der Waals surface area contributed by atoms with E-state index in [2.05, 4.69) is 4.98 Å². The van der Waals surface area contributed by atoms with Crippen LogP contribution in [0.25, 0.3) is 0 Å². The van der Waals surface area contributed by atoms with Crippen LogP contribution in [0.15, 0.2) is 23.2 Å². The van der Waals surface area contributed by atoms with Crippen LogP contribution in [0.1, 0.15) is 36.2 Å². The number of aromatic nitrogens is 1. The minimum atomic E-state index is -1.02. The topological polar surface area (TPSA) is 70.4 Å². The molecule has 1 aromatic heterocycles. The molecular weight excluding hydrogens is 238 g/mol. The highest BCUT2D eigenvalue weighted by Crippen LogP contribution is 2.33. The monoisotopic (exact) mass is 253 g/mol. The van der Waals surface area contributed by atoms with Crippen LogP contribution in [0.2, 0.25) is 0 Å². The fourth-order valence-electron chi connectivity index (χ4n) is 1.99. The number of pyridine rings is 1. The summed E-state index contributed by atoms with van der Waals surface area (Å²) in [6.07, 6.45) is 5.25. The number of aliphatic hydroxyl groups is 1. The molecule has 0 bridgehead atoms. The number of carbonyl (C=O) groups is 1. The van der Waals surface area contributed by atoms with Gasteiger partial charge in [0, 0.05) is 16.3 Å². The van der Waals surface area contributed by atoms with Gasteiger partial charge < -0.3 is 10.2 Å². The standard InChI is InChI=1S/C12H15NO3S/c14-10-3-1-2-4-11(10)17-8-5-6-13-9(7-8)12(15)16/h5-7,10-11,14H,1-4H2,(H,15,16). The zero-order valence-corrected chi connectivity index (χ0v) is 10.2. The van der Waals surface area contributed by atoms with E-state index in [0.29, 0.717) is 0 Å². The maximum atomic E-state index is 10.8. The molecule has 0 aromatic carbocycles. The molecule has 5 heteroatoms. The minimum Gasteiger partial charge on any atom is -0.477 e. The summed E-state index contributed by atoms with van der Waals surface area (Å²) in [7, 11) is 0. The average molecular weight is 253 g/mol. The average Bonchev–Trinajstić information content (AvgIpc) is 2.32. The number of hydrogen-bond donors (Lipinski definition) is 2. The molecule has 1 aliphatic rings. The number of thioether (sulfide) groups is 1. The summed E-state index contributed by atoms with van der Waals surface area (Å²) in [5, 5.41) is 18.9. The molecule has 1 saturated carbocycles. The predicted molar refractivity (Wildman–Crippen MR) is 65.3 cm³/mol. The smallest absolute Gasteiger partial charge is 0.354 e. The first kappa shape index (κ1) is 12.4. The van der Waals surface area contributed by atoms with E-state index in [1.807, 2.05) is 0 Å². The second kappa shape index (κ2) is 5.51. The lowest BCUT2D eigenvalue weighted by Crippen LogP contribution is -2.26. The maximum Gasteiger partial charge on any atom is 0.354 e. The fourth-order valence-corrected chi connectivity index (χ4v) is 3.24. The summed E-state index contributed by atoms with van der Waals surface area (Å²) in [6, 6.07) is 3.35. The molecular formula is C12H15NO3S. The van der Waals surface area contributed by atoms with Crippen LogP contribution in [0.4, 0.5) is 0 Å². The number of hydrogen-bond acceptors (Lipinski definition) is 4. The van der Waals surface area contributed by atoms with Gasteiger partial charge in [0.1, 0.15) is 5.69 Å². The third-order valence-corrected chi connectivity index (χ3v) is 4.28. The van der Waals surface area contributed by atoms with Gasteiger partial charge in [-0.2, -0.15) is 0 Å². The first-order valence-corrected chi connectivity index (χ1v) is 6.59. The first-order chi connectivity index (χ1) is 8.16. The van der Waals surface area contributed by atoms with E-state index in [0.717, 1.165) is 30.6 Å². The predicted octanol–water partition coefficient (Wildman–Crippen LogP) is 2.18. The second-order valence-electron chi connectivity index (χ2n) is 4.19. The Morgan fingerprint density at radius 3 is 2.88 bits per heavy atom. The Morgan fingerprint density at radius 2 is 2.18 bits per heavy atom. The van der Waals surface area contributed by atoms with Crippen molar-refractivity contribution in [1.29, 1.82) is 0 Å². The van der Waals surface area contributed by atoms with E-state index in [1.54, 1.807) is 23.9 Å². The summed E-state index contributed by atoms with van der Waals surface area (Å²) < 4.78 is 0. The van der Waals surface area contributed by atoms with Crippen molar-refractivity contribution >= 4 is 17.7 Å². The van der Waals surface area contributed by atoms with Crippen LogP contribution in [0.5, 0.6) is 0 Å². The molecule has 1 aromatic rings. The van der Waals surface area contributed by atoms with E-state index in [1.165, 1.54) is 6.20 Å². The highest BCUT2D eigenvalue weighted by atomic mass is 32.2. The zero-order chi connectivity index (χ0) is 12.3. The molecule has 17 heavy (non-hydrogen) atoms. The van der Waals surface area contributed by atoms with E-state index in [4.69, 9.17) is 5.11 Å². The van der Waals surface area contributed by atoms with Crippen molar-refractivity contribution in [2.24, 2.45) is 0 Å². The minimum absolute atomic E-state index is 0.0558. The van der Waals surface area contributed by atoms with Crippen LogP contribution in [-0.4, -0.2) is 32.5 Å². The molecule has 2 atom stereocenters. The van der Waals surface area contributed by atoms with Gasteiger partial charge in [0.15, 0.2) is 0 Å². The molecule has 2 unspecified atom stereocenters. The third-order valence-electron chi connectivity index (χ3n) is 2.91. The highest BCUT2D eigenvalue weighted by molar-refractivity contribution is 8.00.